The number of hydrogen-bond donors (Lipinski definition) is 3. The second kappa shape index (κ2) is 9.30. The minimum atomic E-state index is -0.457. The number of anilines is 4. The predicted molar refractivity (Wildman–Crippen MR) is 140 cm³/mol. The Hall–Kier alpha value is -5.05. The molecule has 0 atom stereocenters. The van der Waals surface area contributed by atoms with Gasteiger partial charge in [-0.05, 0) is 61.0 Å². The van der Waals surface area contributed by atoms with Gasteiger partial charge in [-0.1, -0.05) is 24.8 Å². The number of benzene rings is 2. The summed E-state index contributed by atoms with van der Waals surface area (Å²) in [6.45, 7) is 5.33. The third kappa shape index (κ3) is 4.37. The normalized spacial score (nSPS) is 10.8. The molecule has 0 radical (unpaired) electrons. The summed E-state index contributed by atoms with van der Waals surface area (Å²) in [4.78, 5) is 24.5. The van der Waals surface area contributed by atoms with Crippen LogP contribution in [-0.2, 0) is 4.79 Å². The van der Waals surface area contributed by atoms with E-state index in [1.807, 2.05) is 41.8 Å². The third-order valence-electron chi connectivity index (χ3n) is 5.61. The summed E-state index contributed by atoms with van der Waals surface area (Å²) >= 11 is 0. The zero-order chi connectivity index (χ0) is 25.2. The van der Waals surface area contributed by atoms with Crippen molar-refractivity contribution in [2.75, 3.05) is 16.4 Å². The molecular formula is C27H22FN7O. The first-order valence-electron chi connectivity index (χ1n) is 11.1. The predicted octanol–water partition coefficient (Wildman–Crippen LogP) is 5.38. The Bertz CT molecular complexity index is 1610. The van der Waals surface area contributed by atoms with Crippen LogP contribution in [0.15, 0.2) is 85.7 Å². The van der Waals surface area contributed by atoms with Gasteiger partial charge in [0.05, 0.1) is 16.9 Å². The van der Waals surface area contributed by atoms with Crippen LogP contribution in [-0.4, -0.2) is 25.4 Å². The second-order valence-corrected chi connectivity index (χ2v) is 8.08. The van der Waals surface area contributed by atoms with Crippen LogP contribution in [0.2, 0.25) is 0 Å². The van der Waals surface area contributed by atoms with Crippen LogP contribution in [0.4, 0.5) is 27.4 Å². The zero-order valence-electron chi connectivity index (χ0n) is 19.4. The maximum absolute atomic E-state index is 15.3. The van der Waals surface area contributed by atoms with Gasteiger partial charge in [-0.15, -0.1) is 0 Å². The number of amides is 1. The molecule has 9 heteroatoms. The molecule has 36 heavy (non-hydrogen) atoms. The summed E-state index contributed by atoms with van der Waals surface area (Å²) in [5.74, 6) is 0.0641. The van der Waals surface area contributed by atoms with Crippen molar-refractivity contribution in [3.05, 3.63) is 97.2 Å². The van der Waals surface area contributed by atoms with Gasteiger partial charge < -0.3 is 20.9 Å². The molecule has 0 aliphatic heterocycles. The molecule has 0 fully saturated rings. The molecule has 8 nitrogen and oxygen atoms in total. The SMILES string of the molecule is C=CC(=O)Nc1ccc(-c2cc3ncnc(N)c3n2-c2ccc(Nc3cccc(C)n3)c(F)c2)cc1. The Kier molecular flexibility index (Phi) is 5.87. The fraction of sp³-hybridized carbons (Fsp3) is 0.0370. The van der Waals surface area contributed by atoms with Gasteiger partial charge in [-0.2, -0.15) is 0 Å². The summed E-state index contributed by atoms with van der Waals surface area (Å²) in [5.41, 5.74) is 11.2. The molecular weight excluding hydrogens is 457 g/mol. The summed E-state index contributed by atoms with van der Waals surface area (Å²) in [5, 5.41) is 5.74. The Morgan fingerprint density at radius 1 is 1.08 bits per heavy atom. The van der Waals surface area contributed by atoms with Gasteiger partial charge in [0.1, 0.15) is 23.5 Å². The molecule has 0 aliphatic carbocycles. The van der Waals surface area contributed by atoms with E-state index in [1.165, 1.54) is 18.5 Å². The Labute approximate surface area is 206 Å². The monoisotopic (exact) mass is 479 g/mol. The Morgan fingerprint density at radius 2 is 1.89 bits per heavy atom. The fourth-order valence-electron chi connectivity index (χ4n) is 3.95. The van der Waals surface area contributed by atoms with Crippen LogP contribution in [0.3, 0.4) is 0 Å². The summed E-state index contributed by atoms with van der Waals surface area (Å²) < 4.78 is 17.1. The number of aromatic nitrogens is 4. The first kappa shape index (κ1) is 22.7. The van der Waals surface area contributed by atoms with Gasteiger partial charge in [0.25, 0.3) is 0 Å². The number of nitrogens with two attached hydrogens (primary N) is 1. The third-order valence-corrected chi connectivity index (χ3v) is 5.61. The van der Waals surface area contributed by atoms with E-state index in [1.54, 1.807) is 30.3 Å². The summed E-state index contributed by atoms with van der Waals surface area (Å²) in [7, 11) is 0. The number of nitrogens with one attached hydrogen (secondary N) is 2. The lowest BCUT2D eigenvalue weighted by atomic mass is 10.1. The first-order chi connectivity index (χ1) is 17.4. The molecule has 5 rings (SSSR count). The number of hydrogen-bond acceptors (Lipinski definition) is 6. The molecule has 3 aromatic heterocycles. The van der Waals surface area contributed by atoms with Crippen molar-refractivity contribution < 1.29 is 9.18 Å². The van der Waals surface area contributed by atoms with Gasteiger partial charge in [-0.3, -0.25) is 4.79 Å². The number of halogens is 1. The van der Waals surface area contributed by atoms with Crippen LogP contribution < -0.4 is 16.4 Å². The van der Waals surface area contributed by atoms with Crippen molar-refractivity contribution in [1.29, 1.82) is 0 Å². The van der Waals surface area contributed by atoms with E-state index >= 15 is 4.39 Å². The van der Waals surface area contributed by atoms with Crippen molar-refractivity contribution in [3.8, 4) is 16.9 Å². The van der Waals surface area contributed by atoms with Crippen molar-refractivity contribution in [1.82, 2.24) is 19.5 Å². The van der Waals surface area contributed by atoms with E-state index in [2.05, 4.69) is 32.2 Å². The minimum absolute atomic E-state index is 0.271. The van der Waals surface area contributed by atoms with E-state index in [0.717, 1.165) is 17.0 Å². The molecule has 0 spiro atoms. The van der Waals surface area contributed by atoms with Crippen LogP contribution >= 0.6 is 0 Å². The highest BCUT2D eigenvalue weighted by Gasteiger charge is 2.18. The van der Waals surface area contributed by atoms with Gasteiger partial charge >= 0.3 is 0 Å². The highest BCUT2D eigenvalue weighted by molar-refractivity contribution is 5.99. The minimum Gasteiger partial charge on any atom is -0.382 e. The molecule has 2 aromatic carbocycles. The van der Waals surface area contributed by atoms with Gasteiger partial charge in [0.2, 0.25) is 5.91 Å². The molecule has 3 heterocycles. The topological polar surface area (TPSA) is 111 Å². The van der Waals surface area contributed by atoms with Crippen molar-refractivity contribution in [3.63, 3.8) is 0 Å². The number of carbonyl (C=O) groups excluding carboxylic acids is 1. The van der Waals surface area contributed by atoms with Crippen molar-refractivity contribution in [2.45, 2.75) is 6.92 Å². The second-order valence-electron chi connectivity index (χ2n) is 8.08. The van der Waals surface area contributed by atoms with Crippen molar-refractivity contribution in [2.24, 2.45) is 0 Å². The fourth-order valence-corrected chi connectivity index (χ4v) is 3.95. The Morgan fingerprint density at radius 3 is 2.61 bits per heavy atom. The lowest BCUT2D eigenvalue weighted by Crippen LogP contribution is -2.07. The number of carbonyl (C=O) groups is 1. The highest BCUT2D eigenvalue weighted by Crippen LogP contribution is 2.34. The number of fused-ring (bicyclic) bond motifs is 1. The largest absolute Gasteiger partial charge is 0.382 e. The number of nitrogens with zero attached hydrogens (tertiary/aromatic N) is 4. The molecule has 0 unspecified atom stereocenters. The number of nitrogen functional groups attached to an aromatic ring is 1. The van der Waals surface area contributed by atoms with Crippen LogP contribution in [0.25, 0.3) is 28.0 Å². The first-order valence-corrected chi connectivity index (χ1v) is 11.1. The molecule has 1 amide bonds. The standard InChI is InChI=1S/C27H22FN7O/c1-3-25(36)33-18-9-7-17(8-10-18)23-14-22-26(27(29)31-15-30-22)35(23)19-11-12-21(20(28)13-19)34-24-6-4-5-16(2)32-24/h3-15H,1H2,2H3,(H,32,34)(H,33,36)(H2,29,30,31). The highest BCUT2D eigenvalue weighted by atomic mass is 19.1. The smallest absolute Gasteiger partial charge is 0.247 e. The molecule has 5 aromatic rings. The van der Waals surface area contributed by atoms with E-state index in [9.17, 15) is 4.79 Å². The number of pyridine rings is 1. The maximum Gasteiger partial charge on any atom is 0.247 e. The molecule has 178 valence electrons. The van der Waals surface area contributed by atoms with E-state index in [-0.39, 0.29) is 11.7 Å². The quantitative estimate of drug-likeness (QED) is 0.282. The van der Waals surface area contributed by atoms with Gasteiger partial charge in [0, 0.05) is 23.1 Å². The average Bonchev–Trinajstić information content (AvgIpc) is 3.27. The van der Waals surface area contributed by atoms with E-state index in [0.29, 0.717) is 33.9 Å². The molecule has 0 saturated carbocycles. The van der Waals surface area contributed by atoms with Crippen LogP contribution in [0.5, 0.6) is 0 Å². The number of rotatable bonds is 6. The molecule has 0 bridgehead atoms. The van der Waals surface area contributed by atoms with Crippen LogP contribution in [0, 0.1) is 12.7 Å². The van der Waals surface area contributed by atoms with Crippen LogP contribution in [0.1, 0.15) is 5.69 Å². The van der Waals surface area contributed by atoms with E-state index < -0.39 is 5.82 Å². The maximum atomic E-state index is 15.3. The zero-order valence-corrected chi connectivity index (χ0v) is 19.4. The molecule has 4 N–H and O–H groups in total. The molecule has 0 saturated heterocycles. The van der Waals surface area contributed by atoms with Crippen molar-refractivity contribution >= 4 is 40.0 Å². The van der Waals surface area contributed by atoms with Gasteiger partial charge in [0.15, 0.2) is 5.82 Å². The lowest BCUT2D eigenvalue weighted by molar-refractivity contribution is -0.111. The summed E-state index contributed by atoms with van der Waals surface area (Å²) in [6, 6.07) is 19.5. The Balaban J connectivity index is 1.59. The van der Waals surface area contributed by atoms with Gasteiger partial charge in [-0.25, -0.2) is 19.3 Å². The summed E-state index contributed by atoms with van der Waals surface area (Å²) in [6.07, 6.45) is 2.59. The molecule has 0 aliphatic rings. The number of aryl methyl sites for hydroxylation is 1. The lowest BCUT2D eigenvalue weighted by Gasteiger charge is -2.14. The average molecular weight is 480 g/mol. The van der Waals surface area contributed by atoms with E-state index in [4.69, 9.17) is 5.73 Å².